The van der Waals surface area contributed by atoms with Gasteiger partial charge in [0.05, 0.1) is 19.8 Å². The maximum Gasteiger partial charge on any atom is 0.130 e. The molecule has 2 aromatic carbocycles. The predicted octanol–water partition coefficient (Wildman–Crippen LogP) is 5.01. The van der Waals surface area contributed by atoms with Crippen LogP contribution in [0.1, 0.15) is 32.1 Å². The first kappa shape index (κ1) is 16.3. The van der Waals surface area contributed by atoms with Gasteiger partial charge in [-0.25, -0.2) is 0 Å². The van der Waals surface area contributed by atoms with Crippen molar-refractivity contribution in [1.82, 2.24) is 0 Å². The van der Waals surface area contributed by atoms with Crippen LogP contribution in [0, 0.1) is 0 Å². The molecule has 1 unspecified atom stereocenters. The summed E-state index contributed by atoms with van der Waals surface area (Å²) in [6, 6.07) is 14.8. The predicted molar refractivity (Wildman–Crippen MR) is 99.8 cm³/mol. The summed E-state index contributed by atoms with van der Waals surface area (Å²) in [4.78, 5) is 0. The molecule has 1 atom stereocenters. The molecule has 23 heavy (non-hydrogen) atoms. The molecule has 1 fully saturated rings. The molecule has 1 aliphatic carbocycles. The van der Waals surface area contributed by atoms with E-state index < -0.39 is 0 Å². The van der Waals surface area contributed by atoms with Crippen LogP contribution in [0.25, 0.3) is 11.1 Å². The van der Waals surface area contributed by atoms with Gasteiger partial charge in [0.2, 0.25) is 0 Å². The van der Waals surface area contributed by atoms with Gasteiger partial charge in [-0.05, 0) is 47.6 Å². The Morgan fingerprint density at radius 2 is 1.52 bits per heavy atom. The Hall–Kier alpha value is -1.53. The van der Waals surface area contributed by atoms with Gasteiger partial charge in [-0.15, -0.1) is 0 Å². The third-order valence-electron chi connectivity index (χ3n) is 4.56. The average Bonchev–Trinajstić information content (AvgIpc) is 2.62. The first-order valence-corrected chi connectivity index (χ1v) is 9.47. The van der Waals surface area contributed by atoms with Crippen molar-refractivity contribution in [3.63, 3.8) is 0 Å². The Balaban J connectivity index is 1.90. The third kappa shape index (κ3) is 3.87. The molecule has 0 saturated heterocycles. The quantitative estimate of drug-likeness (QED) is 0.719. The van der Waals surface area contributed by atoms with Crippen molar-refractivity contribution in [2.45, 2.75) is 37.8 Å². The van der Waals surface area contributed by atoms with E-state index in [-0.39, 0.29) is 0 Å². The van der Waals surface area contributed by atoms with Crippen molar-refractivity contribution in [3.8, 4) is 22.6 Å². The van der Waals surface area contributed by atoms with Crippen LogP contribution in [0.5, 0.6) is 11.5 Å². The van der Waals surface area contributed by atoms with Crippen molar-refractivity contribution in [1.29, 1.82) is 0 Å². The van der Waals surface area contributed by atoms with Crippen molar-refractivity contribution in [2.75, 3.05) is 14.2 Å². The van der Waals surface area contributed by atoms with Crippen LogP contribution in [0.2, 0.25) is 0 Å². The number of hydrogen-bond donors (Lipinski definition) is 0. The number of ether oxygens (including phenoxy) is 2. The Kier molecular flexibility index (Phi) is 5.56. The van der Waals surface area contributed by atoms with Crippen LogP contribution < -0.4 is 14.8 Å². The minimum absolute atomic E-state index is 0.863. The molecule has 2 aromatic rings. The molecule has 3 heteroatoms. The fraction of sp³-hybridized carbons (Fsp3) is 0.400. The monoisotopic (exact) mass is 328 g/mol. The highest BCUT2D eigenvalue weighted by molar-refractivity contribution is 7.48. The van der Waals surface area contributed by atoms with E-state index in [0.717, 1.165) is 31.3 Å². The molecule has 0 radical (unpaired) electrons. The van der Waals surface area contributed by atoms with E-state index in [2.05, 4.69) is 24.3 Å². The number of rotatable bonds is 5. The van der Waals surface area contributed by atoms with Gasteiger partial charge in [-0.3, -0.25) is 0 Å². The lowest BCUT2D eigenvalue weighted by Crippen LogP contribution is -2.10. The maximum atomic E-state index is 5.55. The lowest BCUT2D eigenvalue weighted by Gasteiger charge is -2.22. The summed E-state index contributed by atoms with van der Waals surface area (Å²) in [6.45, 7) is 0. The van der Waals surface area contributed by atoms with E-state index in [1.165, 1.54) is 43.0 Å². The summed E-state index contributed by atoms with van der Waals surface area (Å²) in [5.41, 5.74) is 3.10. The van der Waals surface area contributed by atoms with Crippen LogP contribution in [0.4, 0.5) is 0 Å². The second kappa shape index (κ2) is 7.84. The summed E-state index contributed by atoms with van der Waals surface area (Å²) in [6.07, 6.45) is 7.00. The normalized spacial score (nSPS) is 15.9. The van der Waals surface area contributed by atoms with Gasteiger partial charge in [-0.1, -0.05) is 52.1 Å². The molecule has 122 valence electrons. The molecular formula is C20H25O2P. The molecule has 0 aromatic heterocycles. The summed E-state index contributed by atoms with van der Waals surface area (Å²) in [5.74, 6) is 1.73. The van der Waals surface area contributed by atoms with Gasteiger partial charge in [0, 0.05) is 0 Å². The van der Waals surface area contributed by atoms with Crippen molar-refractivity contribution >= 4 is 13.9 Å². The van der Waals surface area contributed by atoms with E-state index >= 15 is 0 Å². The van der Waals surface area contributed by atoms with Gasteiger partial charge in [0.15, 0.2) is 0 Å². The van der Waals surface area contributed by atoms with E-state index in [4.69, 9.17) is 9.47 Å². The fourth-order valence-corrected chi connectivity index (χ4v) is 4.98. The van der Waals surface area contributed by atoms with E-state index in [9.17, 15) is 0 Å². The van der Waals surface area contributed by atoms with Crippen molar-refractivity contribution < 1.29 is 9.47 Å². The van der Waals surface area contributed by atoms with Gasteiger partial charge in [0.25, 0.3) is 0 Å². The van der Waals surface area contributed by atoms with Crippen molar-refractivity contribution in [3.05, 3.63) is 42.5 Å². The van der Waals surface area contributed by atoms with E-state index in [0.29, 0.717) is 0 Å². The Bertz CT molecular complexity index is 626. The molecule has 0 N–H and O–H groups in total. The second-order valence-electron chi connectivity index (χ2n) is 6.10. The third-order valence-corrected chi connectivity index (χ3v) is 6.18. The van der Waals surface area contributed by atoms with E-state index in [1.54, 1.807) is 14.2 Å². The molecule has 0 amide bonds. The molecular weight excluding hydrogens is 303 g/mol. The first-order valence-electron chi connectivity index (χ1n) is 8.40. The van der Waals surface area contributed by atoms with Crippen LogP contribution >= 0.6 is 8.58 Å². The number of benzene rings is 2. The summed E-state index contributed by atoms with van der Waals surface area (Å²) >= 11 is 0. The molecule has 3 rings (SSSR count). The molecule has 0 aliphatic heterocycles. The minimum Gasteiger partial charge on any atom is -0.496 e. The molecule has 0 heterocycles. The van der Waals surface area contributed by atoms with Crippen LogP contribution in [-0.2, 0) is 0 Å². The summed E-state index contributed by atoms with van der Waals surface area (Å²) in [7, 11) is 4.34. The zero-order valence-electron chi connectivity index (χ0n) is 14.0. The minimum atomic E-state index is 0.863. The first-order chi connectivity index (χ1) is 11.3. The van der Waals surface area contributed by atoms with Crippen LogP contribution in [0.15, 0.2) is 42.5 Å². The topological polar surface area (TPSA) is 18.5 Å². The Morgan fingerprint density at radius 1 is 0.870 bits per heavy atom. The molecule has 0 bridgehead atoms. The lowest BCUT2D eigenvalue weighted by atomic mass is 10.0. The van der Waals surface area contributed by atoms with Gasteiger partial charge in [-0.2, -0.15) is 0 Å². The smallest absolute Gasteiger partial charge is 0.130 e. The average molecular weight is 328 g/mol. The standard InChI is InChI=1S/C20H25O2P/c1-21-18-12-7-13-19(22-2)20(18)15-8-6-11-17(14-15)23-16-9-4-3-5-10-16/h6-8,11-14,16,23H,3-5,9-10H2,1-2H3. The Labute approximate surface area is 141 Å². The maximum absolute atomic E-state index is 5.55. The zero-order valence-corrected chi connectivity index (χ0v) is 15.0. The summed E-state index contributed by atoms with van der Waals surface area (Å²) < 4.78 is 11.1. The van der Waals surface area contributed by atoms with E-state index in [1.807, 2.05) is 18.2 Å². The molecule has 2 nitrogen and oxygen atoms in total. The largest absolute Gasteiger partial charge is 0.496 e. The molecule has 1 saturated carbocycles. The highest BCUT2D eigenvalue weighted by Gasteiger charge is 2.16. The SMILES string of the molecule is COc1cccc(OC)c1-c1cccc(PC2CCCCC2)c1. The van der Waals surface area contributed by atoms with Crippen LogP contribution in [-0.4, -0.2) is 19.9 Å². The highest BCUT2D eigenvalue weighted by atomic mass is 31.1. The van der Waals surface area contributed by atoms with Gasteiger partial charge >= 0.3 is 0 Å². The van der Waals surface area contributed by atoms with Crippen molar-refractivity contribution in [2.24, 2.45) is 0 Å². The highest BCUT2D eigenvalue weighted by Crippen LogP contribution is 2.39. The van der Waals surface area contributed by atoms with Gasteiger partial charge < -0.3 is 9.47 Å². The Morgan fingerprint density at radius 3 is 2.17 bits per heavy atom. The van der Waals surface area contributed by atoms with Gasteiger partial charge in [0.1, 0.15) is 11.5 Å². The van der Waals surface area contributed by atoms with Crippen LogP contribution in [0.3, 0.4) is 0 Å². The lowest BCUT2D eigenvalue weighted by molar-refractivity contribution is 0.397. The second-order valence-corrected chi connectivity index (χ2v) is 7.78. The zero-order chi connectivity index (χ0) is 16.1. The number of hydrogen-bond acceptors (Lipinski definition) is 2. The number of methoxy groups -OCH3 is 2. The fourth-order valence-electron chi connectivity index (χ4n) is 3.38. The molecule has 0 spiro atoms. The molecule has 1 aliphatic rings. The summed E-state index contributed by atoms with van der Waals surface area (Å²) in [5, 5.41) is 1.45.